The van der Waals surface area contributed by atoms with E-state index in [1.807, 2.05) is 20.8 Å². The number of rotatable bonds is 14. The first-order chi connectivity index (χ1) is 17.4. The number of anilines is 1. The second-order valence-electron chi connectivity index (χ2n) is 8.05. The van der Waals surface area contributed by atoms with E-state index in [1.54, 1.807) is 34.8 Å². The van der Waals surface area contributed by atoms with Gasteiger partial charge in [-0.15, -0.1) is 0 Å². The summed E-state index contributed by atoms with van der Waals surface area (Å²) < 4.78 is 19.0. The molecular weight excluding hydrogens is 480 g/mol. The van der Waals surface area contributed by atoms with Gasteiger partial charge in [-0.2, -0.15) is 5.10 Å². The molecule has 0 radical (unpaired) electrons. The zero-order valence-electron chi connectivity index (χ0n) is 21.9. The maximum absolute atomic E-state index is 13.0. The first-order valence-electron chi connectivity index (χ1n) is 12.4. The van der Waals surface area contributed by atoms with Crippen molar-refractivity contribution in [3.05, 3.63) is 23.9 Å². The van der Waals surface area contributed by atoms with E-state index >= 15 is 0 Å². The van der Waals surface area contributed by atoms with E-state index < -0.39 is 0 Å². The van der Waals surface area contributed by atoms with Crippen molar-refractivity contribution in [3.8, 4) is 17.2 Å². The van der Waals surface area contributed by atoms with Crippen molar-refractivity contribution in [2.45, 2.75) is 59.3 Å². The van der Waals surface area contributed by atoms with Gasteiger partial charge in [0.15, 0.2) is 22.3 Å². The van der Waals surface area contributed by atoms with Crippen molar-refractivity contribution in [1.29, 1.82) is 0 Å². The third-order valence-electron chi connectivity index (χ3n) is 4.96. The fraction of sp³-hybridized carbons (Fsp3) is 0.520. The van der Waals surface area contributed by atoms with Crippen LogP contribution in [0.4, 0.5) is 5.82 Å². The van der Waals surface area contributed by atoms with Gasteiger partial charge in [0, 0.05) is 18.2 Å². The molecule has 0 atom stereocenters. The number of aromatic nitrogens is 4. The Morgan fingerprint density at radius 2 is 1.69 bits per heavy atom. The average Bonchev–Trinajstić information content (AvgIpc) is 3.24. The van der Waals surface area contributed by atoms with Gasteiger partial charge in [-0.25, -0.2) is 14.6 Å². The molecule has 1 amide bonds. The van der Waals surface area contributed by atoms with Gasteiger partial charge >= 0.3 is 0 Å². The summed E-state index contributed by atoms with van der Waals surface area (Å²) in [5, 5.41) is 12.4. The fourth-order valence-corrected chi connectivity index (χ4v) is 4.14. The predicted octanol–water partition coefficient (Wildman–Crippen LogP) is 4.38. The molecule has 2 N–H and O–H groups in total. The Hall–Kier alpha value is -3.21. The van der Waals surface area contributed by atoms with Crippen LogP contribution in [0.3, 0.4) is 0 Å². The summed E-state index contributed by atoms with van der Waals surface area (Å²) in [6.07, 6.45) is 1.76. The summed E-state index contributed by atoms with van der Waals surface area (Å²) in [5.74, 6) is 2.87. The maximum Gasteiger partial charge on any atom is 0.251 e. The van der Waals surface area contributed by atoms with Crippen molar-refractivity contribution < 1.29 is 19.0 Å². The summed E-state index contributed by atoms with van der Waals surface area (Å²) >= 11 is 1.58. The van der Waals surface area contributed by atoms with Crippen molar-refractivity contribution in [2.24, 2.45) is 0 Å². The van der Waals surface area contributed by atoms with Crippen LogP contribution in [0, 0.1) is 0 Å². The minimum atomic E-state index is -0.240. The van der Waals surface area contributed by atoms with E-state index in [1.165, 1.54) is 0 Å². The number of carbonyl (C=O) groups is 1. The maximum atomic E-state index is 13.0. The zero-order valence-corrected chi connectivity index (χ0v) is 22.7. The van der Waals surface area contributed by atoms with Crippen LogP contribution in [0.25, 0.3) is 11.0 Å². The number of thioether (sulfide) groups is 1. The lowest BCUT2D eigenvalue weighted by Gasteiger charge is -2.17. The lowest BCUT2D eigenvalue weighted by Crippen LogP contribution is -2.27. The number of hydrogen-bond donors (Lipinski definition) is 2. The molecule has 36 heavy (non-hydrogen) atoms. The average molecular weight is 517 g/mol. The summed E-state index contributed by atoms with van der Waals surface area (Å²) in [4.78, 5) is 22.3. The predicted molar refractivity (Wildman–Crippen MR) is 143 cm³/mol. The van der Waals surface area contributed by atoms with E-state index in [0.29, 0.717) is 60.9 Å². The summed E-state index contributed by atoms with van der Waals surface area (Å²) in [5.41, 5.74) is 1.17. The molecule has 3 rings (SSSR count). The quantitative estimate of drug-likeness (QED) is 0.238. The van der Waals surface area contributed by atoms with Crippen LogP contribution in [0.5, 0.6) is 17.2 Å². The van der Waals surface area contributed by atoms with Gasteiger partial charge in [-0.05, 0) is 52.5 Å². The van der Waals surface area contributed by atoms with Crippen LogP contribution >= 0.6 is 11.8 Å². The van der Waals surface area contributed by atoms with Gasteiger partial charge in [0.25, 0.3) is 5.91 Å². The third-order valence-corrected chi connectivity index (χ3v) is 5.68. The van der Waals surface area contributed by atoms with Gasteiger partial charge < -0.3 is 24.8 Å². The van der Waals surface area contributed by atoms with Crippen LogP contribution in [0.2, 0.25) is 0 Å². The Morgan fingerprint density at radius 3 is 2.28 bits per heavy atom. The summed E-state index contributed by atoms with van der Waals surface area (Å²) in [7, 11) is 0. The second-order valence-corrected chi connectivity index (χ2v) is 9.28. The molecule has 11 heteroatoms. The molecule has 0 aliphatic carbocycles. The largest absolute Gasteiger partial charge is 0.490 e. The van der Waals surface area contributed by atoms with E-state index in [0.717, 1.165) is 22.6 Å². The highest BCUT2D eigenvalue weighted by Gasteiger charge is 2.19. The van der Waals surface area contributed by atoms with Crippen LogP contribution in [-0.2, 0) is 6.54 Å². The number of fused-ring (bicyclic) bond motifs is 1. The van der Waals surface area contributed by atoms with Crippen LogP contribution in [0.1, 0.15) is 51.9 Å². The first-order valence-corrected chi connectivity index (χ1v) is 13.4. The number of ether oxygens (including phenoxy) is 3. The third kappa shape index (κ3) is 6.71. The number of amides is 1. The SMILES string of the molecule is CCOc1cc(C(=O)NCCn2ncc3c(NC(C)C)nc(SCC)nc32)cc(OCC)c1OCC. The lowest BCUT2D eigenvalue weighted by molar-refractivity contribution is 0.0951. The van der Waals surface area contributed by atoms with E-state index in [9.17, 15) is 4.79 Å². The molecule has 0 unspecified atom stereocenters. The molecule has 3 aromatic rings. The standard InChI is InChI=1S/C25H36N6O4S/c1-7-33-19-13-17(14-20(34-8-2)21(19)35-9-3)24(32)26-11-12-31-23-18(15-27-31)22(28-16(5)6)29-25(30-23)36-10-4/h13-16H,7-12H2,1-6H3,(H,26,32)(H,28,29,30). The summed E-state index contributed by atoms with van der Waals surface area (Å²) in [6.45, 7) is 14.0. The number of benzene rings is 1. The number of hydrogen-bond acceptors (Lipinski definition) is 9. The number of nitrogens with zero attached hydrogens (tertiary/aromatic N) is 4. The minimum absolute atomic E-state index is 0.225. The van der Waals surface area contributed by atoms with Crippen molar-refractivity contribution >= 4 is 34.5 Å². The molecular formula is C25H36N6O4S. The highest BCUT2D eigenvalue weighted by atomic mass is 32.2. The Kier molecular flexibility index (Phi) is 10.0. The number of nitrogens with one attached hydrogen (secondary N) is 2. The van der Waals surface area contributed by atoms with Gasteiger partial charge in [0.2, 0.25) is 5.75 Å². The Morgan fingerprint density at radius 1 is 1.03 bits per heavy atom. The van der Waals surface area contributed by atoms with E-state index in [4.69, 9.17) is 19.2 Å². The highest BCUT2D eigenvalue weighted by molar-refractivity contribution is 7.99. The lowest BCUT2D eigenvalue weighted by atomic mass is 10.1. The van der Waals surface area contributed by atoms with Gasteiger partial charge in [0.1, 0.15) is 5.82 Å². The van der Waals surface area contributed by atoms with Crippen molar-refractivity contribution in [1.82, 2.24) is 25.1 Å². The first kappa shape index (κ1) is 27.4. The molecule has 0 aliphatic heterocycles. The molecule has 1 aromatic carbocycles. The molecule has 0 aliphatic rings. The molecule has 0 fully saturated rings. The molecule has 2 aromatic heterocycles. The Balaban J connectivity index is 1.78. The molecule has 2 heterocycles. The second kappa shape index (κ2) is 13.2. The smallest absolute Gasteiger partial charge is 0.251 e. The topological polar surface area (TPSA) is 112 Å². The van der Waals surface area contributed by atoms with Crippen molar-refractivity contribution in [2.75, 3.05) is 37.4 Å². The highest BCUT2D eigenvalue weighted by Crippen LogP contribution is 2.39. The number of carbonyl (C=O) groups excluding carboxylic acids is 1. The van der Waals surface area contributed by atoms with Crippen LogP contribution in [0.15, 0.2) is 23.5 Å². The van der Waals surface area contributed by atoms with Gasteiger partial charge in [0.05, 0.1) is 37.9 Å². The van der Waals surface area contributed by atoms with Gasteiger partial charge in [-0.1, -0.05) is 18.7 Å². The zero-order chi connectivity index (χ0) is 26.1. The fourth-order valence-electron chi connectivity index (χ4n) is 3.57. The monoisotopic (exact) mass is 516 g/mol. The Bertz CT molecular complexity index is 1140. The van der Waals surface area contributed by atoms with Crippen LogP contribution < -0.4 is 24.8 Å². The van der Waals surface area contributed by atoms with E-state index in [2.05, 4.69) is 41.5 Å². The molecule has 0 saturated carbocycles. The normalized spacial score (nSPS) is 11.1. The Labute approximate surface area is 216 Å². The van der Waals surface area contributed by atoms with Gasteiger partial charge in [-0.3, -0.25) is 4.79 Å². The molecule has 0 saturated heterocycles. The molecule has 0 spiro atoms. The van der Waals surface area contributed by atoms with Crippen LogP contribution in [-0.4, -0.2) is 63.8 Å². The molecule has 10 nitrogen and oxygen atoms in total. The van der Waals surface area contributed by atoms with E-state index in [-0.39, 0.29) is 11.9 Å². The van der Waals surface area contributed by atoms with Crippen molar-refractivity contribution in [3.63, 3.8) is 0 Å². The molecule has 196 valence electrons. The molecule has 0 bridgehead atoms. The minimum Gasteiger partial charge on any atom is -0.490 e. The summed E-state index contributed by atoms with van der Waals surface area (Å²) in [6, 6.07) is 3.59.